The van der Waals surface area contributed by atoms with Gasteiger partial charge in [-0.15, -0.1) is 11.3 Å². The van der Waals surface area contributed by atoms with Gasteiger partial charge in [0.05, 0.1) is 16.8 Å². The number of aromatic hydroxyl groups is 1. The van der Waals surface area contributed by atoms with Gasteiger partial charge in [0.2, 0.25) is 0 Å². The molecule has 28 heavy (non-hydrogen) atoms. The maximum Gasteiger partial charge on any atom is 0.326 e. The lowest BCUT2D eigenvalue weighted by Crippen LogP contribution is -2.42. The third kappa shape index (κ3) is 3.32. The highest BCUT2D eigenvalue weighted by atomic mass is 32.1. The number of carboxylic acid groups (broad SMARTS) is 1. The Kier molecular flexibility index (Phi) is 4.53. The van der Waals surface area contributed by atoms with Crippen molar-refractivity contribution in [1.82, 2.24) is 25.3 Å². The Morgan fingerprint density at radius 2 is 2.14 bits per heavy atom. The number of aromatic amines is 2. The number of hydrogen-bond acceptors (Lipinski definition) is 6. The smallest absolute Gasteiger partial charge is 0.326 e. The Balaban J connectivity index is 1.66. The molecule has 10 heteroatoms. The third-order valence-electron chi connectivity index (χ3n) is 4.20. The first-order valence-electron chi connectivity index (χ1n) is 8.29. The highest BCUT2D eigenvalue weighted by Crippen LogP contribution is 2.30. The van der Waals surface area contributed by atoms with E-state index in [-0.39, 0.29) is 23.3 Å². The molecule has 4 rings (SSSR count). The van der Waals surface area contributed by atoms with Crippen molar-refractivity contribution >= 4 is 34.2 Å². The van der Waals surface area contributed by atoms with Crippen LogP contribution in [-0.4, -0.2) is 48.1 Å². The van der Waals surface area contributed by atoms with Crippen molar-refractivity contribution in [2.75, 3.05) is 0 Å². The molecule has 0 radical (unpaired) electrons. The van der Waals surface area contributed by atoms with Gasteiger partial charge in [0.1, 0.15) is 28.6 Å². The fourth-order valence-corrected chi connectivity index (χ4v) is 3.51. The lowest BCUT2D eigenvalue weighted by atomic mass is 10.1. The number of carboxylic acids is 1. The lowest BCUT2D eigenvalue weighted by molar-refractivity contribution is -0.139. The number of nitrogens with one attached hydrogen (secondary N) is 3. The van der Waals surface area contributed by atoms with E-state index >= 15 is 0 Å². The van der Waals surface area contributed by atoms with Crippen LogP contribution in [0.5, 0.6) is 5.75 Å². The van der Waals surface area contributed by atoms with E-state index in [1.165, 1.54) is 36.0 Å². The van der Waals surface area contributed by atoms with Crippen LogP contribution in [0.25, 0.3) is 21.7 Å². The monoisotopic (exact) mass is 397 g/mol. The fourth-order valence-electron chi connectivity index (χ4n) is 2.84. The molecular formula is C18H15N5O4S. The molecule has 1 unspecified atom stereocenters. The number of benzene rings is 1. The van der Waals surface area contributed by atoms with E-state index in [1.807, 2.05) is 17.5 Å². The number of phenolic OH excluding ortho intramolecular Hbond substituents is 1. The van der Waals surface area contributed by atoms with E-state index in [1.54, 1.807) is 0 Å². The minimum atomic E-state index is -1.17. The Morgan fingerprint density at radius 1 is 1.29 bits per heavy atom. The summed E-state index contributed by atoms with van der Waals surface area (Å²) in [6, 6.07) is 5.38. The molecular weight excluding hydrogens is 382 g/mol. The minimum absolute atomic E-state index is 0.0471. The zero-order valence-corrected chi connectivity index (χ0v) is 15.2. The van der Waals surface area contributed by atoms with Crippen LogP contribution in [0, 0.1) is 0 Å². The predicted molar refractivity (Wildman–Crippen MR) is 102 cm³/mol. The molecule has 3 heterocycles. The molecule has 1 aromatic carbocycles. The summed E-state index contributed by atoms with van der Waals surface area (Å²) in [6.07, 6.45) is 3.00. The molecule has 0 aliphatic carbocycles. The number of thiophene rings is 1. The van der Waals surface area contributed by atoms with Gasteiger partial charge < -0.3 is 25.5 Å². The quantitative estimate of drug-likeness (QED) is 0.337. The fraction of sp³-hybridized carbons (Fsp3) is 0.111. The van der Waals surface area contributed by atoms with Gasteiger partial charge in [-0.25, -0.2) is 14.8 Å². The summed E-state index contributed by atoms with van der Waals surface area (Å²) in [7, 11) is 0. The van der Waals surface area contributed by atoms with Crippen molar-refractivity contribution in [3.05, 3.63) is 53.4 Å². The Bertz CT molecular complexity index is 1130. The number of aliphatic carboxylic acids is 1. The first-order valence-corrected chi connectivity index (χ1v) is 9.17. The summed E-state index contributed by atoms with van der Waals surface area (Å²) in [6.45, 7) is 0. The highest BCUT2D eigenvalue weighted by Gasteiger charge is 2.24. The number of carbonyl (C=O) groups is 2. The number of hydrogen-bond donors (Lipinski definition) is 5. The topological polar surface area (TPSA) is 144 Å². The summed E-state index contributed by atoms with van der Waals surface area (Å²) in [5, 5.41) is 24.0. The summed E-state index contributed by atoms with van der Waals surface area (Å²) in [5.74, 6) is -1.29. The van der Waals surface area contributed by atoms with Crippen LogP contribution in [0.2, 0.25) is 0 Å². The van der Waals surface area contributed by atoms with Crippen molar-refractivity contribution in [2.24, 2.45) is 0 Å². The van der Waals surface area contributed by atoms with Gasteiger partial charge in [-0.05, 0) is 23.6 Å². The van der Waals surface area contributed by atoms with Gasteiger partial charge in [-0.3, -0.25) is 4.79 Å². The molecule has 0 bridgehead atoms. The van der Waals surface area contributed by atoms with Gasteiger partial charge in [0.15, 0.2) is 0 Å². The van der Waals surface area contributed by atoms with Crippen LogP contribution < -0.4 is 5.32 Å². The number of carbonyl (C=O) groups excluding carboxylic acids is 1. The van der Waals surface area contributed by atoms with Gasteiger partial charge in [-0.2, -0.15) is 0 Å². The first kappa shape index (κ1) is 17.7. The number of rotatable bonds is 6. The Hall–Kier alpha value is -3.66. The Labute approximate surface area is 162 Å². The van der Waals surface area contributed by atoms with Crippen LogP contribution in [-0.2, 0) is 11.2 Å². The van der Waals surface area contributed by atoms with Crippen molar-refractivity contribution in [3.8, 4) is 16.5 Å². The van der Waals surface area contributed by atoms with E-state index in [2.05, 4.69) is 25.3 Å². The average Bonchev–Trinajstić information content (AvgIpc) is 3.42. The van der Waals surface area contributed by atoms with E-state index < -0.39 is 17.9 Å². The summed E-state index contributed by atoms with van der Waals surface area (Å²) >= 11 is 1.46. The molecule has 5 N–H and O–H groups in total. The van der Waals surface area contributed by atoms with Crippen LogP contribution in [0.15, 0.2) is 42.2 Å². The molecule has 142 valence electrons. The van der Waals surface area contributed by atoms with Gasteiger partial charge >= 0.3 is 5.97 Å². The minimum Gasteiger partial charge on any atom is -0.506 e. The number of amides is 1. The molecule has 0 aliphatic heterocycles. The summed E-state index contributed by atoms with van der Waals surface area (Å²) < 4.78 is 0. The van der Waals surface area contributed by atoms with Gasteiger partial charge in [-0.1, -0.05) is 6.07 Å². The summed E-state index contributed by atoms with van der Waals surface area (Å²) in [5.41, 5.74) is 1.34. The number of fused-ring (bicyclic) bond motifs is 1. The maximum atomic E-state index is 12.8. The number of nitrogens with zero attached hydrogens (tertiary/aromatic N) is 2. The predicted octanol–water partition coefficient (Wildman–Crippen LogP) is 2.15. The number of imidazole rings is 2. The number of aromatic nitrogens is 4. The largest absolute Gasteiger partial charge is 0.506 e. The zero-order valence-electron chi connectivity index (χ0n) is 14.3. The van der Waals surface area contributed by atoms with Crippen molar-refractivity contribution in [2.45, 2.75) is 12.5 Å². The number of phenols is 1. The van der Waals surface area contributed by atoms with Gasteiger partial charge in [0, 0.05) is 18.3 Å². The molecule has 0 spiro atoms. The van der Waals surface area contributed by atoms with E-state index in [0.29, 0.717) is 17.0 Å². The van der Waals surface area contributed by atoms with Gasteiger partial charge in [0.25, 0.3) is 5.91 Å². The molecule has 1 amide bonds. The molecule has 0 saturated carbocycles. The highest BCUT2D eigenvalue weighted by molar-refractivity contribution is 7.13. The number of H-pyrrole nitrogens is 2. The lowest BCUT2D eigenvalue weighted by Gasteiger charge is -2.14. The SMILES string of the molecule is O=C(NC(Cc1cnc[nH]1)C(=O)O)c1ccc(O)c2[nH]c(-c3cccs3)nc12. The second-order valence-electron chi connectivity index (χ2n) is 6.06. The maximum absolute atomic E-state index is 12.8. The molecule has 1 atom stereocenters. The molecule has 0 saturated heterocycles. The van der Waals surface area contributed by atoms with E-state index in [9.17, 15) is 19.8 Å². The van der Waals surface area contributed by atoms with Crippen LogP contribution in [0.1, 0.15) is 16.1 Å². The molecule has 9 nitrogen and oxygen atoms in total. The normalized spacial score (nSPS) is 12.1. The molecule has 3 aromatic heterocycles. The molecule has 0 aliphatic rings. The Morgan fingerprint density at radius 3 is 2.82 bits per heavy atom. The van der Waals surface area contributed by atoms with E-state index in [0.717, 1.165) is 4.88 Å². The summed E-state index contributed by atoms with van der Waals surface area (Å²) in [4.78, 5) is 39.3. The first-order chi connectivity index (χ1) is 13.5. The third-order valence-corrected chi connectivity index (χ3v) is 5.08. The van der Waals surface area contributed by atoms with Crippen LogP contribution in [0.3, 0.4) is 0 Å². The second kappa shape index (κ2) is 7.16. The molecule has 0 fully saturated rings. The van der Waals surface area contributed by atoms with E-state index in [4.69, 9.17) is 0 Å². The van der Waals surface area contributed by atoms with Crippen molar-refractivity contribution < 1.29 is 19.8 Å². The zero-order chi connectivity index (χ0) is 19.7. The van der Waals surface area contributed by atoms with Crippen LogP contribution in [0.4, 0.5) is 0 Å². The van der Waals surface area contributed by atoms with Crippen LogP contribution >= 0.6 is 11.3 Å². The second-order valence-corrected chi connectivity index (χ2v) is 7.01. The molecule has 4 aromatic rings. The standard InChI is InChI=1S/C18H15N5O4S/c24-12-4-3-10(14-15(12)23-16(22-14)13-2-1-5-28-13)17(25)21-11(18(26)27)6-9-7-19-8-20-9/h1-5,7-8,11,24H,6H2,(H,19,20)(H,21,25)(H,22,23)(H,26,27). The average molecular weight is 397 g/mol. The van der Waals surface area contributed by atoms with Crippen molar-refractivity contribution in [1.29, 1.82) is 0 Å². The van der Waals surface area contributed by atoms with Crippen molar-refractivity contribution in [3.63, 3.8) is 0 Å².